The van der Waals surface area contributed by atoms with E-state index in [2.05, 4.69) is 25.3 Å². The maximum Gasteiger partial charge on any atom is 0.419 e. The fraction of sp³-hybridized carbons (Fsp3) is 0.348. The number of halogens is 5. The maximum atomic E-state index is 14.8. The summed E-state index contributed by atoms with van der Waals surface area (Å²) in [6.07, 6.45) is 1.02. The first-order chi connectivity index (χ1) is 16.7. The average Bonchev–Trinajstić information content (AvgIpc) is 2.84. The van der Waals surface area contributed by atoms with Gasteiger partial charge in [-0.15, -0.1) is 0 Å². The fourth-order valence-corrected chi connectivity index (χ4v) is 4.10. The van der Waals surface area contributed by atoms with Crippen LogP contribution in [0.4, 0.5) is 27.9 Å². The van der Waals surface area contributed by atoms with Crippen LogP contribution in [0.15, 0.2) is 43.0 Å². The van der Waals surface area contributed by atoms with Gasteiger partial charge in [0.15, 0.2) is 17.5 Å². The van der Waals surface area contributed by atoms with Gasteiger partial charge < -0.3 is 10.2 Å². The molecule has 7 nitrogen and oxygen atoms in total. The minimum atomic E-state index is -4.55. The quantitative estimate of drug-likeness (QED) is 0.525. The van der Waals surface area contributed by atoms with Gasteiger partial charge in [-0.05, 0) is 37.0 Å². The Bertz CT molecular complexity index is 1190. The lowest BCUT2D eigenvalue weighted by atomic mass is 9.89. The van der Waals surface area contributed by atoms with Crippen molar-refractivity contribution in [1.82, 2.24) is 24.8 Å². The Balaban J connectivity index is 1.60. The van der Waals surface area contributed by atoms with E-state index in [0.717, 1.165) is 12.5 Å². The number of rotatable bonds is 5. The van der Waals surface area contributed by atoms with Crippen LogP contribution in [0.5, 0.6) is 0 Å². The first-order valence-corrected chi connectivity index (χ1v) is 10.9. The van der Waals surface area contributed by atoms with Crippen molar-refractivity contribution >= 4 is 11.9 Å². The molecule has 1 fully saturated rings. The van der Waals surface area contributed by atoms with E-state index in [1.54, 1.807) is 4.90 Å². The number of piperidine rings is 1. The summed E-state index contributed by atoms with van der Waals surface area (Å²) in [5.74, 6) is -3.01. The van der Waals surface area contributed by atoms with Gasteiger partial charge in [-0.25, -0.2) is 28.7 Å². The standard InChI is InChI=1S/C23H21F5N6O/c1-13-4-2-9-34(17(13)12-33-22-31-10-14(11-32-22)23(26,27)28)21(35)15-5-6-16(24)19(25)18(15)20-29-7-3-8-30-20/h3,5-8,10-11,13,17H,2,4,9,12H2,1H3,(H,31,32,33)/t13?,17-/m1/s1. The van der Waals surface area contributed by atoms with E-state index >= 15 is 0 Å². The number of anilines is 1. The van der Waals surface area contributed by atoms with Crippen molar-refractivity contribution in [2.24, 2.45) is 5.92 Å². The molecule has 35 heavy (non-hydrogen) atoms. The Labute approximate surface area is 197 Å². The second-order valence-electron chi connectivity index (χ2n) is 8.22. The summed E-state index contributed by atoms with van der Waals surface area (Å²) in [4.78, 5) is 30.5. The molecule has 1 aromatic carbocycles. The van der Waals surface area contributed by atoms with Crippen molar-refractivity contribution in [1.29, 1.82) is 0 Å². The summed E-state index contributed by atoms with van der Waals surface area (Å²) < 4.78 is 67.1. The lowest BCUT2D eigenvalue weighted by Gasteiger charge is -2.40. The molecule has 1 aliphatic rings. The highest BCUT2D eigenvalue weighted by molar-refractivity contribution is 6.00. The Morgan fingerprint density at radius 3 is 2.46 bits per heavy atom. The number of aromatic nitrogens is 4. The molecule has 2 atom stereocenters. The van der Waals surface area contributed by atoms with E-state index < -0.39 is 35.3 Å². The van der Waals surface area contributed by atoms with Gasteiger partial charge >= 0.3 is 6.18 Å². The molecule has 1 saturated heterocycles. The zero-order chi connectivity index (χ0) is 25.2. The number of alkyl halides is 3. The smallest absolute Gasteiger partial charge is 0.352 e. The van der Waals surface area contributed by atoms with Crippen molar-refractivity contribution in [3.05, 3.63) is 65.7 Å². The second kappa shape index (κ2) is 9.88. The predicted molar refractivity (Wildman–Crippen MR) is 116 cm³/mol. The van der Waals surface area contributed by atoms with E-state index in [1.165, 1.54) is 24.5 Å². The molecule has 1 aliphatic heterocycles. The SMILES string of the molecule is CC1CCCN(C(=O)c2ccc(F)c(F)c2-c2ncccn2)[C@@H]1CNc1ncc(C(F)(F)F)cn1. The summed E-state index contributed by atoms with van der Waals surface area (Å²) in [6.45, 7) is 2.45. The molecule has 3 heterocycles. The van der Waals surface area contributed by atoms with Gasteiger partial charge in [0.05, 0.1) is 22.7 Å². The van der Waals surface area contributed by atoms with Gasteiger partial charge in [-0.1, -0.05) is 6.92 Å². The van der Waals surface area contributed by atoms with Gasteiger partial charge in [0, 0.05) is 37.9 Å². The number of carbonyl (C=O) groups excluding carboxylic acids is 1. The van der Waals surface area contributed by atoms with Gasteiger partial charge in [-0.3, -0.25) is 4.79 Å². The monoisotopic (exact) mass is 492 g/mol. The van der Waals surface area contributed by atoms with Gasteiger partial charge in [0.25, 0.3) is 5.91 Å². The number of hydrogen-bond donors (Lipinski definition) is 1. The van der Waals surface area contributed by atoms with Crippen LogP contribution in [-0.4, -0.2) is 49.9 Å². The fourth-order valence-electron chi connectivity index (χ4n) is 4.10. The summed E-state index contributed by atoms with van der Waals surface area (Å²) in [7, 11) is 0. The van der Waals surface area contributed by atoms with Crippen LogP contribution >= 0.6 is 0 Å². The predicted octanol–water partition coefficient (Wildman–Crippen LogP) is 4.58. The molecular weight excluding hydrogens is 471 g/mol. The third-order valence-corrected chi connectivity index (χ3v) is 5.94. The number of carbonyl (C=O) groups is 1. The van der Waals surface area contributed by atoms with E-state index in [9.17, 15) is 26.7 Å². The second-order valence-corrected chi connectivity index (χ2v) is 8.22. The topological polar surface area (TPSA) is 83.9 Å². The molecule has 12 heteroatoms. The highest BCUT2D eigenvalue weighted by atomic mass is 19.4. The minimum absolute atomic E-state index is 0.0105. The van der Waals surface area contributed by atoms with Crippen molar-refractivity contribution in [3.63, 3.8) is 0 Å². The van der Waals surface area contributed by atoms with Crippen LogP contribution in [0.1, 0.15) is 35.7 Å². The van der Waals surface area contributed by atoms with Crippen molar-refractivity contribution < 1.29 is 26.7 Å². The molecule has 1 unspecified atom stereocenters. The molecule has 184 valence electrons. The molecule has 0 aliphatic carbocycles. The number of amides is 1. The molecule has 0 bridgehead atoms. The molecular formula is C23H21F5N6O. The third kappa shape index (κ3) is 5.20. The first-order valence-electron chi connectivity index (χ1n) is 10.9. The van der Waals surface area contributed by atoms with Gasteiger partial charge in [0.1, 0.15) is 0 Å². The van der Waals surface area contributed by atoms with Crippen molar-refractivity contribution in [2.75, 3.05) is 18.4 Å². The van der Waals surface area contributed by atoms with Crippen LogP contribution in [0.2, 0.25) is 0 Å². The molecule has 4 rings (SSSR count). The number of likely N-dealkylation sites (tertiary alicyclic amines) is 1. The van der Waals surface area contributed by atoms with Gasteiger partial charge in [-0.2, -0.15) is 13.2 Å². The van der Waals surface area contributed by atoms with E-state index in [0.29, 0.717) is 25.4 Å². The summed E-state index contributed by atoms with van der Waals surface area (Å²) in [5.41, 5.74) is -1.38. The minimum Gasteiger partial charge on any atom is -0.352 e. The van der Waals surface area contributed by atoms with Gasteiger partial charge in [0.2, 0.25) is 5.95 Å². The maximum absolute atomic E-state index is 14.8. The molecule has 2 aromatic heterocycles. The first kappa shape index (κ1) is 24.4. The van der Waals surface area contributed by atoms with E-state index in [4.69, 9.17) is 0 Å². The molecule has 0 saturated carbocycles. The number of nitrogens with zero attached hydrogens (tertiary/aromatic N) is 5. The van der Waals surface area contributed by atoms with Crippen molar-refractivity contribution in [3.8, 4) is 11.4 Å². The van der Waals surface area contributed by atoms with Crippen molar-refractivity contribution in [2.45, 2.75) is 32.0 Å². The van der Waals surface area contributed by atoms with E-state index in [1.807, 2.05) is 6.92 Å². The van der Waals surface area contributed by atoms with Crippen LogP contribution in [0, 0.1) is 17.6 Å². The van der Waals surface area contributed by atoms with E-state index in [-0.39, 0.29) is 35.4 Å². The molecule has 0 spiro atoms. The van der Waals surface area contributed by atoms with Crippen LogP contribution < -0.4 is 5.32 Å². The summed E-state index contributed by atoms with van der Waals surface area (Å²) in [5, 5.41) is 2.88. The molecule has 0 radical (unpaired) electrons. The average molecular weight is 492 g/mol. The summed E-state index contributed by atoms with van der Waals surface area (Å²) >= 11 is 0. The number of hydrogen-bond acceptors (Lipinski definition) is 6. The Morgan fingerprint density at radius 1 is 1.11 bits per heavy atom. The van der Waals surface area contributed by atoms with Crippen LogP contribution in [-0.2, 0) is 6.18 Å². The lowest BCUT2D eigenvalue weighted by Crippen LogP contribution is -2.51. The largest absolute Gasteiger partial charge is 0.419 e. The van der Waals surface area contributed by atoms with Crippen LogP contribution in [0.25, 0.3) is 11.4 Å². The molecule has 1 N–H and O–H groups in total. The van der Waals surface area contributed by atoms with Crippen LogP contribution in [0.3, 0.4) is 0 Å². The number of nitrogens with one attached hydrogen (secondary N) is 1. The molecule has 3 aromatic rings. The highest BCUT2D eigenvalue weighted by Crippen LogP contribution is 2.31. The zero-order valence-electron chi connectivity index (χ0n) is 18.6. The number of benzene rings is 1. The normalized spacial score (nSPS) is 18.4. The molecule has 1 amide bonds. The Kier molecular flexibility index (Phi) is 6.90. The lowest BCUT2D eigenvalue weighted by molar-refractivity contribution is -0.138. The Hall–Kier alpha value is -3.70. The Morgan fingerprint density at radius 2 is 1.80 bits per heavy atom. The zero-order valence-corrected chi connectivity index (χ0v) is 18.6. The third-order valence-electron chi connectivity index (χ3n) is 5.94. The highest BCUT2D eigenvalue weighted by Gasteiger charge is 2.35. The summed E-state index contributed by atoms with van der Waals surface area (Å²) in [6, 6.07) is 3.19.